The standard InChI is InChI=1S/C15H22N2O2/c1-11-5-3-4-6-13(11)17-12(2)7-9-16-15(19)14(17)8-10-18/h3-6,12,14,18H,7-10H2,1-2H3,(H,16,19). The van der Waals surface area contributed by atoms with Crippen LogP contribution >= 0.6 is 0 Å². The first-order chi connectivity index (χ1) is 9.15. The monoisotopic (exact) mass is 262 g/mol. The predicted octanol–water partition coefficient (Wildman–Crippen LogP) is 1.46. The number of hydrogen-bond acceptors (Lipinski definition) is 3. The van der Waals surface area contributed by atoms with Crippen LogP contribution in [0.3, 0.4) is 0 Å². The van der Waals surface area contributed by atoms with Gasteiger partial charge in [0.05, 0.1) is 0 Å². The van der Waals surface area contributed by atoms with E-state index in [1.54, 1.807) is 0 Å². The summed E-state index contributed by atoms with van der Waals surface area (Å²) in [4.78, 5) is 14.3. The lowest BCUT2D eigenvalue weighted by molar-refractivity contribution is -0.122. The molecule has 0 radical (unpaired) electrons. The first kappa shape index (κ1) is 13.9. The van der Waals surface area contributed by atoms with Crippen molar-refractivity contribution in [3.63, 3.8) is 0 Å². The summed E-state index contributed by atoms with van der Waals surface area (Å²) < 4.78 is 0. The molecule has 2 N–H and O–H groups in total. The van der Waals surface area contributed by atoms with Crippen molar-refractivity contribution in [2.75, 3.05) is 18.1 Å². The van der Waals surface area contributed by atoms with Crippen LogP contribution in [0.2, 0.25) is 0 Å². The maximum atomic E-state index is 12.2. The zero-order valence-electron chi connectivity index (χ0n) is 11.6. The Morgan fingerprint density at radius 1 is 1.42 bits per heavy atom. The van der Waals surface area contributed by atoms with E-state index in [0.717, 1.165) is 17.7 Å². The number of carbonyl (C=O) groups excluding carboxylic acids is 1. The highest BCUT2D eigenvalue weighted by atomic mass is 16.3. The van der Waals surface area contributed by atoms with E-state index < -0.39 is 0 Å². The molecule has 0 aliphatic carbocycles. The molecule has 0 saturated carbocycles. The number of aliphatic hydroxyl groups excluding tert-OH is 1. The van der Waals surface area contributed by atoms with Gasteiger partial charge in [-0.3, -0.25) is 4.79 Å². The van der Waals surface area contributed by atoms with Crippen LogP contribution in [0.5, 0.6) is 0 Å². The molecular formula is C15H22N2O2. The number of benzene rings is 1. The van der Waals surface area contributed by atoms with Crippen LogP contribution in [0, 0.1) is 6.92 Å². The fourth-order valence-electron chi connectivity index (χ4n) is 2.75. The molecule has 1 aliphatic rings. The molecule has 2 unspecified atom stereocenters. The predicted molar refractivity (Wildman–Crippen MR) is 76.2 cm³/mol. The minimum Gasteiger partial charge on any atom is -0.396 e. The average Bonchev–Trinajstić information content (AvgIpc) is 2.52. The van der Waals surface area contributed by atoms with Gasteiger partial charge in [-0.2, -0.15) is 0 Å². The fourth-order valence-corrected chi connectivity index (χ4v) is 2.75. The van der Waals surface area contributed by atoms with Crippen LogP contribution in [-0.2, 0) is 4.79 Å². The highest BCUT2D eigenvalue weighted by molar-refractivity contribution is 5.86. The Balaban J connectivity index is 2.40. The van der Waals surface area contributed by atoms with Crippen molar-refractivity contribution >= 4 is 11.6 Å². The molecule has 1 fully saturated rings. The number of rotatable bonds is 3. The van der Waals surface area contributed by atoms with Crippen LogP contribution in [0.1, 0.15) is 25.3 Å². The fraction of sp³-hybridized carbons (Fsp3) is 0.533. The van der Waals surface area contributed by atoms with Gasteiger partial charge in [0.1, 0.15) is 6.04 Å². The number of anilines is 1. The molecule has 4 heteroatoms. The summed E-state index contributed by atoms with van der Waals surface area (Å²) in [6.07, 6.45) is 1.38. The van der Waals surface area contributed by atoms with E-state index in [1.807, 2.05) is 12.1 Å². The Kier molecular flexibility index (Phi) is 4.43. The molecule has 0 aromatic heterocycles. The van der Waals surface area contributed by atoms with E-state index in [4.69, 9.17) is 0 Å². The Morgan fingerprint density at radius 3 is 2.84 bits per heavy atom. The van der Waals surface area contributed by atoms with Crippen LogP contribution in [-0.4, -0.2) is 36.2 Å². The smallest absolute Gasteiger partial charge is 0.242 e. The number of aryl methyl sites for hydroxylation is 1. The zero-order valence-corrected chi connectivity index (χ0v) is 11.6. The van der Waals surface area contributed by atoms with Gasteiger partial charge in [-0.25, -0.2) is 0 Å². The summed E-state index contributed by atoms with van der Waals surface area (Å²) in [6, 6.07) is 8.09. The summed E-state index contributed by atoms with van der Waals surface area (Å²) in [5, 5.41) is 12.2. The molecule has 1 aromatic rings. The Hall–Kier alpha value is -1.55. The Bertz CT molecular complexity index is 448. The number of carbonyl (C=O) groups is 1. The van der Waals surface area contributed by atoms with Crippen molar-refractivity contribution in [2.24, 2.45) is 0 Å². The Labute approximate surface area is 114 Å². The van der Waals surface area contributed by atoms with Gasteiger partial charge < -0.3 is 15.3 Å². The van der Waals surface area contributed by atoms with Crippen molar-refractivity contribution in [1.29, 1.82) is 0 Å². The summed E-state index contributed by atoms with van der Waals surface area (Å²) in [7, 11) is 0. The van der Waals surface area contributed by atoms with Crippen LogP contribution in [0.25, 0.3) is 0 Å². The second-order valence-electron chi connectivity index (χ2n) is 5.15. The number of para-hydroxylation sites is 1. The van der Waals surface area contributed by atoms with Gasteiger partial charge >= 0.3 is 0 Å². The molecule has 1 saturated heterocycles. The van der Waals surface area contributed by atoms with Gasteiger partial charge in [0, 0.05) is 24.9 Å². The maximum Gasteiger partial charge on any atom is 0.242 e. The van der Waals surface area contributed by atoms with Crippen LogP contribution in [0.15, 0.2) is 24.3 Å². The second kappa shape index (κ2) is 6.06. The molecule has 1 aliphatic heterocycles. The Morgan fingerprint density at radius 2 is 2.16 bits per heavy atom. The quantitative estimate of drug-likeness (QED) is 0.867. The lowest BCUT2D eigenvalue weighted by atomic mass is 10.0. The van der Waals surface area contributed by atoms with E-state index in [9.17, 15) is 9.90 Å². The molecule has 1 aromatic carbocycles. The number of aliphatic hydroxyl groups is 1. The number of amides is 1. The minimum atomic E-state index is -0.288. The topological polar surface area (TPSA) is 52.6 Å². The summed E-state index contributed by atoms with van der Waals surface area (Å²) >= 11 is 0. The first-order valence-electron chi connectivity index (χ1n) is 6.87. The van der Waals surface area contributed by atoms with Crippen molar-refractivity contribution in [1.82, 2.24) is 5.32 Å². The van der Waals surface area contributed by atoms with Crippen LogP contribution in [0.4, 0.5) is 5.69 Å². The molecule has 1 heterocycles. The average molecular weight is 262 g/mol. The van der Waals surface area contributed by atoms with Gasteiger partial charge in [0.2, 0.25) is 5.91 Å². The van der Waals surface area contributed by atoms with E-state index in [2.05, 4.69) is 36.2 Å². The molecule has 0 spiro atoms. The van der Waals surface area contributed by atoms with Gasteiger partial charge in [0.15, 0.2) is 0 Å². The third-order valence-corrected chi connectivity index (χ3v) is 3.77. The van der Waals surface area contributed by atoms with Crippen molar-refractivity contribution in [3.8, 4) is 0 Å². The molecule has 2 atom stereocenters. The highest BCUT2D eigenvalue weighted by Gasteiger charge is 2.32. The van der Waals surface area contributed by atoms with E-state index >= 15 is 0 Å². The molecule has 2 rings (SSSR count). The van der Waals surface area contributed by atoms with Gasteiger partial charge in [-0.1, -0.05) is 18.2 Å². The largest absolute Gasteiger partial charge is 0.396 e. The second-order valence-corrected chi connectivity index (χ2v) is 5.15. The van der Waals surface area contributed by atoms with Crippen molar-refractivity contribution in [2.45, 2.75) is 38.8 Å². The number of hydrogen-bond donors (Lipinski definition) is 2. The SMILES string of the molecule is Cc1ccccc1N1C(C)CCNC(=O)C1CCO. The molecule has 104 valence electrons. The number of nitrogens with zero attached hydrogens (tertiary/aromatic N) is 1. The third-order valence-electron chi connectivity index (χ3n) is 3.77. The normalized spacial score (nSPS) is 23.9. The third kappa shape index (κ3) is 2.89. The molecule has 4 nitrogen and oxygen atoms in total. The first-order valence-corrected chi connectivity index (χ1v) is 6.87. The molecule has 0 bridgehead atoms. The van der Waals surface area contributed by atoms with Crippen molar-refractivity contribution in [3.05, 3.63) is 29.8 Å². The zero-order chi connectivity index (χ0) is 13.8. The molecular weight excluding hydrogens is 240 g/mol. The summed E-state index contributed by atoms with van der Waals surface area (Å²) in [5.74, 6) is 0.0154. The van der Waals surface area contributed by atoms with E-state index in [-0.39, 0.29) is 24.6 Å². The van der Waals surface area contributed by atoms with Crippen molar-refractivity contribution < 1.29 is 9.90 Å². The number of nitrogens with one attached hydrogen (secondary N) is 1. The van der Waals surface area contributed by atoms with Gasteiger partial charge in [-0.05, 0) is 38.3 Å². The van der Waals surface area contributed by atoms with E-state index in [0.29, 0.717) is 13.0 Å². The minimum absolute atomic E-state index is 0.0154. The maximum absolute atomic E-state index is 12.2. The van der Waals surface area contributed by atoms with Crippen LogP contribution < -0.4 is 10.2 Å². The molecule has 19 heavy (non-hydrogen) atoms. The van der Waals surface area contributed by atoms with E-state index in [1.165, 1.54) is 0 Å². The van der Waals surface area contributed by atoms with Gasteiger partial charge in [-0.15, -0.1) is 0 Å². The highest BCUT2D eigenvalue weighted by Crippen LogP contribution is 2.27. The lowest BCUT2D eigenvalue weighted by Gasteiger charge is -2.36. The lowest BCUT2D eigenvalue weighted by Crippen LogP contribution is -2.48. The van der Waals surface area contributed by atoms with Gasteiger partial charge in [0.25, 0.3) is 0 Å². The summed E-state index contributed by atoms with van der Waals surface area (Å²) in [5.41, 5.74) is 2.25. The molecule has 1 amide bonds. The summed E-state index contributed by atoms with van der Waals surface area (Å²) in [6.45, 7) is 4.91.